The van der Waals surface area contributed by atoms with E-state index in [9.17, 15) is 9.59 Å². The number of hydrogen-bond acceptors (Lipinski definition) is 2. The Bertz CT molecular complexity index is 215. The van der Waals surface area contributed by atoms with Crippen LogP contribution in [0.1, 0.15) is 40.0 Å². The third-order valence-corrected chi connectivity index (χ3v) is 2.23. The number of carboxylic acids is 2. The van der Waals surface area contributed by atoms with E-state index in [1.54, 1.807) is 0 Å². The van der Waals surface area contributed by atoms with Crippen LogP contribution in [0.3, 0.4) is 0 Å². The summed E-state index contributed by atoms with van der Waals surface area (Å²) in [7, 11) is 0. The first kappa shape index (κ1) is 12.9. The molecular weight excluding hydrogens is 184 g/mol. The standard InChI is InChI=1S/C10H18O4/c1-10(2,3)7(9(13)14)5-4-6-8(11)12/h7H,4-6H2,1-3H3,(H,11,12)(H,13,14). The first-order chi connectivity index (χ1) is 6.25. The maximum absolute atomic E-state index is 10.9. The highest BCUT2D eigenvalue weighted by molar-refractivity contribution is 5.71. The van der Waals surface area contributed by atoms with Gasteiger partial charge in [0.15, 0.2) is 0 Å². The van der Waals surface area contributed by atoms with E-state index in [1.165, 1.54) is 0 Å². The van der Waals surface area contributed by atoms with Crippen molar-refractivity contribution in [2.24, 2.45) is 11.3 Å². The van der Waals surface area contributed by atoms with E-state index in [2.05, 4.69) is 0 Å². The normalized spacial score (nSPS) is 13.6. The van der Waals surface area contributed by atoms with Gasteiger partial charge in [-0.15, -0.1) is 0 Å². The average Bonchev–Trinajstić information content (AvgIpc) is 1.94. The Morgan fingerprint density at radius 3 is 2.00 bits per heavy atom. The van der Waals surface area contributed by atoms with E-state index in [-0.39, 0.29) is 11.8 Å². The molecule has 0 saturated heterocycles. The van der Waals surface area contributed by atoms with Gasteiger partial charge in [-0.2, -0.15) is 0 Å². The van der Waals surface area contributed by atoms with Crippen LogP contribution in [-0.4, -0.2) is 22.2 Å². The lowest BCUT2D eigenvalue weighted by Crippen LogP contribution is -2.28. The van der Waals surface area contributed by atoms with E-state index in [0.29, 0.717) is 12.8 Å². The SMILES string of the molecule is CC(C)(C)C(CCCC(=O)O)C(=O)O. The van der Waals surface area contributed by atoms with Crippen LogP contribution in [0.2, 0.25) is 0 Å². The van der Waals surface area contributed by atoms with Crippen LogP contribution in [0.5, 0.6) is 0 Å². The molecule has 0 aliphatic rings. The second-order valence-electron chi connectivity index (χ2n) is 4.54. The molecule has 0 aliphatic carbocycles. The molecule has 4 heteroatoms. The fraction of sp³-hybridized carbons (Fsp3) is 0.800. The quantitative estimate of drug-likeness (QED) is 0.714. The summed E-state index contributed by atoms with van der Waals surface area (Å²) in [4.78, 5) is 21.1. The van der Waals surface area contributed by atoms with Gasteiger partial charge in [-0.1, -0.05) is 20.8 Å². The summed E-state index contributed by atoms with van der Waals surface area (Å²) in [5.74, 6) is -2.19. The molecular formula is C10H18O4. The van der Waals surface area contributed by atoms with E-state index in [4.69, 9.17) is 10.2 Å². The smallest absolute Gasteiger partial charge is 0.307 e. The molecule has 0 saturated carbocycles. The Balaban J connectivity index is 4.13. The molecule has 4 nitrogen and oxygen atoms in total. The fourth-order valence-corrected chi connectivity index (χ4v) is 1.38. The minimum Gasteiger partial charge on any atom is -0.481 e. The Kier molecular flexibility index (Phi) is 4.60. The second-order valence-corrected chi connectivity index (χ2v) is 4.54. The molecule has 0 fully saturated rings. The van der Waals surface area contributed by atoms with Crippen molar-refractivity contribution < 1.29 is 19.8 Å². The molecule has 0 radical (unpaired) electrons. The highest BCUT2D eigenvalue weighted by atomic mass is 16.4. The van der Waals surface area contributed by atoms with Gasteiger partial charge in [-0.05, 0) is 18.3 Å². The van der Waals surface area contributed by atoms with E-state index >= 15 is 0 Å². The minimum absolute atomic E-state index is 0.0415. The van der Waals surface area contributed by atoms with Crippen LogP contribution >= 0.6 is 0 Å². The fourth-order valence-electron chi connectivity index (χ4n) is 1.38. The molecule has 82 valence electrons. The Morgan fingerprint density at radius 2 is 1.71 bits per heavy atom. The van der Waals surface area contributed by atoms with Crippen molar-refractivity contribution in [2.75, 3.05) is 0 Å². The van der Waals surface area contributed by atoms with Gasteiger partial charge in [0.1, 0.15) is 0 Å². The summed E-state index contributed by atoms with van der Waals surface area (Å²) < 4.78 is 0. The lowest BCUT2D eigenvalue weighted by Gasteiger charge is -2.26. The van der Waals surface area contributed by atoms with Crippen molar-refractivity contribution in [3.05, 3.63) is 0 Å². The number of rotatable bonds is 5. The monoisotopic (exact) mass is 202 g/mol. The van der Waals surface area contributed by atoms with Crippen molar-refractivity contribution in [3.63, 3.8) is 0 Å². The third-order valence-electron chi connectivity index (χ3n) is 2.23. The average molecular weight is 202 g/mol. The molecule has 0 aliphatic heterocycles. The van der Waals surface area contributed by atoms with Gasteiger partial charge in [0.25, 0.3) is 0 Å². The lowest BCUT2D eigenvalue weighted by molar-refractivity contribution is -0.146. The molecule has 1 atom stereocenters. The molecule has 1 unspecified atom stereocenters. The van der Waals surface area contributed by atoms with Crippen LogP contribution in [0.4, 0.5) is 0 Å². The minimum atomic E-state index is -0.872. The zero-order valence-electron chi connectivity index (χ0n) is 8.91. The zero-order chi connectivity index (χ0) is 11.4. The Labute approximate surface area is 83.9 Å². The molecule has 0 rings (SSSR count). The summed E-state index contributed by atoms with van der Waals surface area (Å²) >= 11 is 0. The Hall–Kier alpha value is -1.06. The topological polar surface area (TPSA) is 74.6 Å². The molecule has 0 aromatic carbocycles. The van der Waals surface area contributed by atoms with Crippen LogP contribution in [0.25, 0.3) is 0 Å². The van der Waals surface area contributed by atoms with E-state index in [1.807, 2.05) is 20.8 Å². The third kappa shape index (κ3) is 4.84. The first-order valence-corrected chi connectivity index (χ1v) is 4.69. The number of carbonyl (C=O) groups is 2. The van der Waals surface area contributed by atoms with Gasteiger partial charge < -0.3 is 10.2 Å². The van der Waals surface area contributed by atoms with Crippen molar-refractivity contribution in [1.82, 2.24) is 0 Å². The van der Waals surface area contributed by atoms with Gasteiger partial charge in [0, 0.05) is 6.42 Å². The molecule has 0 aromatic heterocycles. The molecule has 0 aromatic rings. The summed E-state index contributed by atoms with van der Waals surface area (Å²) in [6.07, 6.45) is 0.883. The summed E-state index contributed by atoms with van der Waals surface area (Å²) in [5, 5.41) is 17.3. The van der Waals surface area contributed by atoms with Crippen molar-refractivity contribution in [1.29, 1.82) is 0 Å². The lowest BCUT2D eigenvalue weighted by atomic mass is 9.78. The molecule has 14 heavy (non-hydrogen) atoms. The molecule has 0 amide bonds. The van der Waals surface area contributed by atoms with Crippen molar-refractivity contribution >= 4 is 11.9 Å². The van der Waals surface area contributed by atoms with E-state index in [0.717, 1.165) is 0 Å². The second kappa shape index (κ2) is 4.98. The van der Waals surface area contributed by atoms with Gasteiger partial charge in [0.05, 0.1) is 5.92 Å². The summed E-state index contributed by atoms with van der Waals surface area (Å²) in [6.45, 7) is 5.56. The van der Waals surface area contributed by atoms with Gasteiger partial charge in [-0.25, -0.2) is 0 Å². The van der Waals surface area contributed by atoms with Crippen LogP contribution in [0, 0.1) is 11.3 Å². The van der Waals surface area contributed by atoms with Crippen molar-refractivity contribution in [2.45, 2.75) is 40.0 Å². The van der Waals surface area contributed by atoms with Gasteiger partial charge in [-0.3, -0.25) is 9.59 Å². The maximum Gasteiger partial charge on any atom is 0.307 e. The van der Waals surface area contributed by atoms with Crippen molar-refractivity contribution in [3.8, 4) is 0 Å². The van der Waals surface area contributed by atoms with Crippen LogP contribution < -0.4 is 0 Å². The molecule has 2 N–H and O–H groups in total. The maximum atomic E-state index is 10.9. The van der Waals surface area contributed by atoms with Crippen LogP contribution in [-0.2, 0) is 9.59 Å². The van der Waals surface area contributed by atoms with Gasteiger partial charge in [0.2, 0.25) is 0 Å². The predicted octanol–water partition coefficient (Wildman–Crippen LogP) is 1.99. The zero-order valence-corrected chi connectivity index (χ0v) is 8.91. The highest BCUT2D eigenvalue weighted by Crippen LogP contribution is 2.30. The van der Waals surface area contributed by atoms with E-state index < -0.39 is 17.9 Å². The molecule has 0 spiro atoms. The van der Waals surface area contributed by atoms with Crippen LogP contribution in [0.15, 0.2) is 0 Å². The predicted molar refractivity (Wildman–Crippen MR) is 52.1 cm³/mol. The summed E-state index contributed by atoms with van der Waals surface area (Å²) in [6, 6.07) is 0. The largest absolute Gasteiger partial charge is 0.481 e. The first-order valence-electron chi connectivity index (χ1n) is 4.69. The number of carboxylic acid groups (broad SMARTS) is 2. The van der Waals surface area contributed by atoms with Gasteiger partial charge >= 0.3 is 11.9 Å². The molecule has 0 bridgehead atoms. The number of hydrogen-bond donors (Lipinski definition) is 2. The highest BCUT2D eigenvalue weighted by Gasteiger charge is 2.30. The summed E-state index contributed by atoms with van der Waals surface area (Å²) in [5.41, 5.74) is -0.315. The Morgan fingerprint density at radius 1 is 1.21 bits per heavy atom. The molecule has 0 heterocycles. The number of aliphatic carboxylic acids is 2.